The predicted molar refractivity (Wildman–Crippen MR) is 186 cm³/mol. The Morgan fingerprint density at radius 3 is 1.18 bits per heavy atom. The number of imide groups is 2. The summed E-state index contributed by atoms with van der Waals surface area (Å²) in [6, 6.07) is 20.6. The molecule has 4 fully saturated rings. The zero-order valence-electron chi connectivity index (χ0n) is 26.9. The highest BCUT2D eigenvalue weighted by Gasteiger charge is 2.60. The smallest absolute Gasteiger partial charge is 0.238 e. The summed E-state index contributed by atoms with van der Waals surface area (Å²) < 4.78 is 0. The van der Waals surface area contributed by atoms with Crippen LogP contribution in [0.1, 0.15) is 44.7 Å². The van der Waals surface area contributed by atoms with E-state index in [4.69, 9.17) is 0 Å². The number of carbonyl (C=O) groups is 6. The Morgan fingerprint density at radius 2 is 0.840 bits per heavy atom. The normalized spacial score (nSPS) is 30.2. The Hall–Kier alpha value is -5.76. The quantitative estimate of drug-likeness (QED) is 0.125. The van der Waals surface area contributed by atoms with E-state index < -0.39 is 0 Å². The number of rotatable bonds is 8. The van der Waals surface area contributed by atoms with Gasteiger partial charge >= 0.3 is 0 Å². The van der Waals surface area contributed by atoms with Gasteiger partial charge in [0.1, 0.15) is 0 Å². The molecule has 246 valence electrons. The van der Waals surface area contributed by atoms with Crippen molar-refractivity contribution < 1.29 is 28.8 Å². The van der Waals surface area contributed by atoms with Crippen molar-refractivity contribution in [3.63, 3.8) is 0 Å². The SMILES string of the molecule is O=C(C=Cc1ccc(C=CC(=O)c2cccc(N3C(=O)C4C5C=CC(C5)C4C3=O)c2)cc1)c1cccc(N2C(=O)C3C4C=CC(C4)C3C2=O)c1. The average Bonchev–Trinajstić information content (AvgIpc) is 3.99. The first-order valence-corrected chi connectivity index (χ1v) is 17.1. The van der Waals surface area contributed by atoms with Gasteiger partial charge in [-0.1, -0.05) is 85.0 Å². The van der Waals surface area contributed by atoms with E-state index >= 15 is 0 Å². The molecule has 2 saturated carbocycles. The summed E-state index contributed by atoms with van der Waals surface area (Å²) in [7, 11) is 0. The second-order valence-electron chi connectivity index (χ2n) is 14.2. The van der Waals surface area contributed by atoms with E-state index in [1.54, 1.807) is 60.7 Å². The number of benzene rings is 3. The molecule has 9 rings (SSSR count). The van der Waals surface area contributed by atoms with E-state index in [0.717, 1.165) is 24.0 Å². The van der Waals surface area contributed by atoms with Crippen molar-refractivity contribution in [1.82, 2.24) is 0 Å². The predicted octanol–water partition coefficient (Wildman–Crippen LogP) is 6.10. The topological polar surface area (TPSA) is 109 Å². The van der Waals surface area contributed by atoms with Crippen LogP contribution in [0.15, 0.2) is 109 Å². The van der Waals surface area contributed by atoms with E-state index in [0.29, 0.717) is 22.5 Å². The maximum absolute atomic E-state index is 13.2. The van der Waals surface area contributed by atoms with Crippen LogP contribution in [0, 0.1) is 47.3 Å². The first-order valence-electron chi connectivity index (χ1n) is 17.1. The lowest BCUT2D eigenvalue weighted by Gasteiger charge is -2.17. The standard InChI is InChI=1S/C42H32N2O6/c45-33(25-3-1-5-31(21-25)43-39(47)35-27-13-14-28(19-27)36(35)40(43)48)17-11-23-7-9-24(10-8-23)12-18-34(46)26-4-2-6-32(22-26)44-41(49)37-29-15-16-30(20-29)38(37)42(44)50/h1-18,21-22,27-30,35-38H,19-20H2. The highest BCUT2D eigenvalue weighted by Crippen LogP contribution is 2.54. The molecule has 50 heavy (non-hydrogen) atoms. The zero-order chi connectivity index (χ0) is 34.3. The third-order valence-corrected chi connectivity index (χ3v) is 11.5. The summed E-state index contributed by atoms with van der Waals surface area (Å²) in [5, 5.41) is 0. The van der Waals surface area contributed by atoms with Crippen molar-refractivity contribution >= 4 is 58.7 Å². The van der Waals surface area contributed by atoms with Gasteiger partial charge in [-0.05, 0) is 84.1 Å². The lowest BCUT2D eigenvalue weighted by molar-refractivity contribution is -0.124. The van der Waals surface area contributed by atoms with Crippen LogP contribution in [-0.4, -0.2) is 35.2 Å². The van der Waals surface area contributed by atoms with Crippen molar-refractivity contribution in [1.29, 1.82) is 0 Å². The molecule has 8 unspecified atom stereocenters. The van der Waals surface area contributed by atoms with E-state index in [9.17, 15) is 28.8 Å². The molecule has 0 aromatic heterocycles. The van der Waals surface area contributed by atoms with Crippen LogP contribution in [0.2, 0.25) is 0 Å². The molecule has 0 N–H and O–H groups in total. The monoisotopic (exact) mass is 660 g/mol. The first kappa shape index (κ1) is 30.3. The highest BCUT2D eigenvalue weighted by atomic mass is 16.2. The number of anilines is 2. The second kappa shape index (κ2) is 11.4. The van der Waals surface area contributed by atoms with Crippen molar-refractivity contribution in [3.05, 3.63) is 132 Å². The van der Waals surface area contributed by atoms with Crippen LogP contribution >= 0.6 is 0 Å². The van der Waals surface area contributed by atoms with Gasteiger partial charge in [0, 0.05) is 11.1 Å². The molecule has 2 heterocycles. The number of hydrogen-bond donors (Lipinski definition) is 0. The van der Waals surface area contributed by atoms with E-state index in [1.807, 2.05) is 24.3 Å². The Kier molecular flexibility index (Phi) is 6.91. The number of ketones is 2. The summed E-state index contributed by atoms with van der Waals surface area (Å²) in [6.45, 7) is 0. The third kappa shape index (κ3) is 4.65. The average molecular weight is 661 g/mol. The van der Waals surface area contributed by atoms with E-state index in [2.05, 4.69) is 24.3 Å². The minimum atomic E-state index is -0.300. The van der Waals surface area contributed by atoms with Crippen LogP contribution in [0.5, 0.6) is 0 Å². The number of amides is 4. The molecular formula is C42H32N2O6. The summed E-state index contributed by atoms with van der Waals surface area (Å²) in [5.41, 5.74) is 3.17. The lowest BCUT2D eigenvalue weighted by Crippen LogP contribution is -2.32. The number of fused-ring (bicyclic) bond motifs is 10. The first-order chi connectivity index (χ1) is 24.3. The molecule has 0 spiro atoms. The lowest BCUT2D eigenvalue weighted by atomic mass is 9.85. The van der Waals surface area contributed by atoms with Crippen LogP contribution in [0.25, 0.3) is 12.2 Å². The number of nitrogens with zero attached hydrogens (tertiary/aromatic N) is 2. The molecule has 3 aromatic carbocycles. The van der Waals surface area contributed by atoms with Gasteiger partial charge in [-0.3, -0.25) is 28.8 Å². The Labute approximate surface area is 288 Å². The Balaban J connectivity index is 0.841. The molecule has 4 aliphatic carbocycles. The molecule has 8 nitrogen and oxygen atoms in total. The highest BCUT2D eigenvalue weighted by molar-refractivity contribution is 6.24. The van der Waals surface area contributed by atoms with Crippen molar-refractivity contribution in [2.45, 2.75) is 12.8 Å². The number of allylic oxidation sites excluding steroid dienone is 6. The summed E-state index contributed by atoms with van der Waals surface area (Å²) in [5.74, 6) is -1.95. The van der Waals surface area contributed by atoms with Crippen molar-refractivity contribution in [3.8, 4) is 0 Å². The fourth-order valence-corrected chi connectivity index (χ4v) is 9.16. The van der Waals surface area contributed by atoms with E-state index in [-0.39, 0.29) is 82.5 Å². The maximum atomic E-state index is 13.2. The molecule has 8 heteroatoms. The molecule has 4 amide bonds. The van der Waals surface area contributed by atoms with Crippen molar-refractivity contribution in [2.75, 3.05) is 9.80 Å². The molecule has 2 aliphatic heterocycles. The fourth-order valence-electron chi connectivity index (χ4n) is 9.16. The Bertz CT molecular complexity index is 1950. The van der Waals surface area contributed by atoms with Gasteiger partial charge in [0.15, 0.2) is 11.6 Å². The van der Waals surface area contributed by atoms with E-state index in [1.165, 1.54) is 22.0 Å². The Morgan fingerprint density at radius 1 is 0.500 bits per heavy atom. The van der Waals surface area contributed by atoms with Crippen LogP contribution in [-0.2, 0) is 19.2 Å². The minimum Gasteiger partial charge on any atom is -0.289 e. The van der Waals surface area contributed by atoms with Crippen LogP contribution < -0.4 is 9.80 Å². The van der Waals surface area contributed by atoms with Crippen molar-refractivity contribution in [2.24, 2.45) is 47.3 Å². The molecule has 0 radical (unpaired) electrons. The summed E-state index contributed by atoms with van der Waals surface area (Å²) in [6.07, 6.45) is 16.2. The van der Waals surface area contributed by atoms with Gasteiger partial charge in [-0.15, -0.1) is 0 Å². The minimum absolute atomic E-state index is 0.118. The molecule has 6 aliphatic rings. The van der Waals surface area contributed by atoms with Gasteiger partial charge in [0.25, 0.3) is 0 Å². The second-order valence-corrected chi connectivity index (χ2v) is 14.2. The summed E-state index contributed by atoms with van der Waals surface area (Å²) in [4.78, 5) is 81.6. The number of hydrogen-bond acceptors (Lipinski definition) is 6. The van der Waals surface area contributed by atoms with Gasteiger partial charge in [-0.25, -0.2) is 9.80 Å². The molecule has 4 bridgehead atoms. The van der Waals surface area contributed by atoms with Gasteiger partial charge in [-0.2, -0.15) is 0 Å². The van der Waals surface area contributed by atoms with Gasteiger partial charge < -0.3 is 0 Å². The van der Waals surface area contributed by atoms with Crippen LogP contribution in [0.4, 0.5) is 11.4 Å². The molecule has 2 saturated heterocycles. The fraction of sp³-hybridized carbons (Fsp3) is 0.238. The zero-order valence-corrected chi connectivity index (χ0v) is 26.9. The van der Waals surface area contributed by atoms with Gasteiger partial charge in [0.05, 0.1) is 35.0 Å². The largest absolute Gasteiger partial charge is 0.289 e. The van der Waals surface area contributed by atoms with Gasteiger partial charge in [0.2, 0.25) is 23.6 Å². The van der Waals surface area contributed by atoms with Crippen LogP contribution in [0.3, 0.4) is 0 Å². The third-order valence-electron chi connectivity index (χ3n) is 11.5. The molecule has 3 aromatic rings. The molecular weight excluding hydrogens is 628 g/mol. The summed E-state index contributed by atoms with van der Waals surface area (Å²) >= 11 is 0. The maximum Gasteiger partial charge on any atom is 0.238 e. The number of carbonyl (C=O) groups excluding carboxylic acids is 6. The molecule has 8 atom stereocenters.